The summed E-state index contributed by atoms with van der Waals surface area (Å²) in [5.74, 6) is 3.07. The number of urea groups is 1. The Balaban J connectivity index is 1.45. The maximum Gasteiger partial charge on any atom is 0.324 e. The van der Waals surface area contributed by atoms with Crippen LogP contribution in [0.4, 0.5) is 10.5 Å². The quantitative estimate of drug-likeness (QED) is 0.462. The van der Waals surface area contributed by atoms with Crippen LogP contribution in [0.15, 0.2) is 36.4 Å². The summed E-state index contributed by atoms with van der Waals surface area (Å²) in [6, 6.07) is 11.9. The normalized spacial score (nSPS) is 16.0. The van der Waals surface area contributed by atoms with Crippen molar-refractivity contribution in [1.82, 2.24) is 4.90 Å². The van der Waals surface area contributed by atoms with Gasteiger partial charge in [-0.2, -0.15) is 0 Å². The zero-order chi connectivity index (χ0) is 23.9. The summed E-state index contributed by atoms with van der Waals surface area (Å²) in [5.41, 5.74) is 8.65. The molecule has 1 aliphatic carbocycles. The van der Waals surface area contributed by atoms with Crippen molar-refractivity contribution in [1.29, 1.82) is 0 Å². The number of nitrogens with zero attached hydrogens (tertiary/aromatic N) is 2. The van der Waals surface area contributed by atoms with Crippen molar-refractivity contribution in [3.05, 3.63) is 47.5 Å². The number of amides is 2. The zero-order valence-electron chi connectivity index (χ0n) is 20.4. The van der Waals surface area contributed by atoms with Gasteiger partial charge in [0.2, 0.25) is 0 Å². The number of carbonyl (C=O) groups excluding carboxylic acids is 1. The molecule has 0 atom stereocenters. The SMILES string of the molecule is COc1cc(CCN)ccc1CN1CCCN(c2ccc(OC)c(OCCCC3CC3)c2)C1=O. The fourth-order valence-corrected chi connectivity index (χ4v) is 4.52. The molecule has 184 valence electrons. The van der Waals surface area contributed by atoms with Gasteiger partial charge in [0.25, 0.3) is 0 Å². The lowest BCUT2D eigenvalue weighted by molar-refractivity contribution is 0.191. The number of anilines is 1. The largest absolute Gasteiger partial charge is 0.496 e. The molecule has 2 aromatic rings. The number of hydrogen-bond donors (Lipinski definition) is 1. The van der Waals surface area contributed by atoms with Crippen LogP contribution in [0.2, 0.25) is 0 Å². The van der Waals surface area contributed by atoms with Crippen LogP contribution in [0.3, 0.4) is 0 Å². The molecule has 1 saturated heterocycles. The van der Waals surface area contributed by atoms with E-state index in [0.29, 0.717) is 44.3 Å². The summed E-state index contributed by atoms with van der Waals surface area (Å²) in [4.78, 5) is 17.1. The maximum absolute atomic E-state index is 13.4. The van der Waals surface area contributed by atoms with Crippen molar-refractivity contribution in [2.24, 2.45) is 11.7 Å². The highest BCUT2D eigenvalue weighted by atomic mass is 16.5. The summed E-state index contributed by atoms with van der Waals surface area (Å²) >= 11 is 0. The van der Waals surface area contributed by atoms with Gasteiger partial charge < -0.3 is 24.8 Å². The van der Waals surface area contributed by atoms with E-state index in [1.165, 1.54) is 19.3 Å². The number of methoxy groups -OCH3 is 2. The fraction of sp³-hybridized carbons (Fsp3) is 0.519. The Hall–Kier alpha value is -2.93. The van der Waals surface area contributed by atoms with Crippen molar-refractivity contribution in [3.63, 3.8) is 0 Å². The highest BCUT2D eigenvalue weighted by molar-refractivity contribution is 5.93. The summed E-state index contributed by atoms with van der Waals surface area (Å²) in [7, 11) is 3.31. The van der Waals surface area contributed by atoms with Crippen LogP contribution in [-0.4, -0.2) is 51.4 Å². The molecule has 2 aromatic carbocycles. The third-order valence-corrected chi connectivity index (χ3v) is 6.63. The summed E-state index contributed by atoms with van der Waals surface area (Å²) in [6.07, 6.45) is 6.67. The minimum Gasteiger partial charge on any atom is -0.496 e. The van der Waals surface area contributed by atoms with Crippen LogP contribution in [0.1, 0.15) is 43.2 Å². The zero-order valence-corrected chi connectivity index (χ0v) is 20.4. The monoisotopic (exact) mass is 467 g/mol. The standard InChI is InChI=1S/C27H37N3O4/c1-32-24-11-10-23(18-26(24)34-16-3-5-20-6-7-20)30-15-4-14-29(27(30)31)19-22-9-8-21(12-13-28)17-25(22)33-2/h8-11,17-18,20H,3-7,12-16,19,28H2,1-2H3. The molecule has 2 fully saturated rings. The van der Waals surface area contributed by atoms with Crippen LogP contribution in [0, 0.1) is 5.92 Å². The van der Waals surface area contributed by atoms with E-state index in [4.69, 9.17) is 19.9 Å². The molecule has 2 amide bonds. The molecule has 2 aliphatic rings. The van der Waals surface area contributed by atoms with Gasteiger partial charge in [0.15, 0.2) is 11.5 Å². The van der Waals surface area contributed by atoms with Gasteiger partial charge in [-0.3, -0.25) is 4.90 Å². The molecule has 7 heteroatoms. The van der Waals surface area contributed by atoms with Crippen molar-refractivity contribution in [3.8, 4) is 17.2 Å². The number of benzene rings is 2. The molecule has 1 aliphatic heterocycles. The van der Waals surface area contributed by atoms with Crippen molar-refractivity contribution in [2.45, 2.75) is 45.1 Å². The minimum absolute atomic E-state index is 0.0100. The molecule has 1 saturated carbocycles. The lowest BCUT2D eigenvalue weighted by Gasteiger charge is -2.36. The van der Waals surface area contributed by atoms with Gasteiger partial charge >= 0.3 is 6.03 Å². The van der Waals surface area contributed by atoms with Crippen LogP contribution in [0.25, 0.3) is 0 Å². The molecular formula is C27H37N3O4. The molecule has 4 rings (SSSR count). The Morgan fingerprint density at radius 2 is 1.82 bits per heavy atom. The number of hydrogen-bond acceptors (Lipinski definition) is 5. The van der Waals surface area contributed by atoms with Crippen molar-refractivity contribution in [2.75, 3.05) is 45.4 Å². The van der Waals surface area contributed by atoms with E-state index >= 15 is 0 Å². The van der Waals surface area contributed by atoms with Crippen molar-refractivity contribution < 1.29 is 19.0 Å². The molecule has 0 bridgehead atoms. The second-order valence-electron chi connectivity index (χ2n) is 9.16. The van der Waals surface area contributed by atoms with Crippen molar-refractivity contribution >= 4 is 11.7 Å². The van der Waals surface area contributed by atoms with Crippen LogP contribution < -0.4 is 24.8 Å². The number of ether oxygens (including phenoxy) is 3. The first-order valence-electron chi connectivity index (χ1n) is 12.4. The van der Waals surface area contributed by atoms with E-state index in [1.807, 2.05) is 40.1 Å². The second-order valence-corrected chi connectivity index (χ2v) is 9.16. The molecule has 0 radical (unpaired) electrons. The Bertz CT molecular complexity index is 976. The first kappa shape index (κ1) is 24.2. The van der Waals surface area contributed by atoms with E-state index < -0.39 is 0 Å². The highest BCUT2D eigenvalue weighted by Crippen LogP contribution is 2.35. The molecule has 0 aromatic heterocycles. The van der Waals surface area contributed by atoms with E-state index in [9.17, 15) is 4.79 Å². The number of rotatable bonds is 12. The second kappa shape index (κ2) is 11.5. The first-order valence-corrected chi connectivity index (χ1v) is 12.4. The third kappa shape index (κ3) is 5.95. The number of nitrogens with two attached hydrogens (primary N) is 1. The Morgan fingerprint density at radius 1 is 1.00 bits per heavy atom. The lowest BCUT2D eigenvalue weighted by Crippen LogP contribution is -2.49. The molecule has 2 N–H and O–H groups in total. The van der Waals surface area contributed by atoms with Gasteiger partial charge in [-0.1, -0.05) is 25.0 Å². The van der Waals surface area contributed by atoms with Gasteiger partial charge in [-0.05, 0) is 61.9 Å². The van der Waals surface area contributed by atoms with E-state index in [-0.39, 0.29) is 6.03 Å². The van der Waals surface area contributed by atoms with Gasteiger partial charge in [0, 0.05) is 30.4 Å². The van der Waals surface area contributed by atoms with Gasteiger partial charge in [-0.15, -0.1) is 0 Å². The molecule has 1 heterocycles. The third-order valence-electron chi connectivity index (χ3n) is 6.63. The van der Waals surface area contributed by atoms with Crippen LogP contribution >= 0.6 is 0 Å². The number of carbonyl (C=O) groups is 1. The first-order chi connectivity index (χ1) is 16.6. The summed E-state index contributed by atoms with van der Waals surface area (Å²) in [6.45, 7) is 3.15. The highest BCUT2D eigenvalue weighted by Gasteiger charge is 2.28. The smallest absolute Gasteiger partial charge is 0.324 e. The predicted octanol–water partition coefficient (Wildman–Crippen LogP) is 4.61. The summed E-state index contributed by atoms with van der Waals surface area (Å²) < 4.78 is 17.2. The molecule has 0 unspecified atom stereocenters. The van der Waals surface area contributed by atoms with E-state index in [2.05, 4.69) is 6.07 Å². The fourth-order valence-electron chi connectivity index (χ4n) is 4.52. The maximum atomic E-state index is 13.4. The van der Waals surface area contributed by atoms with Gasteiger partial charge in [-0.25, -0.2) is 4.79 Å². The molecule has 34 heavy (non-hydrogen) atoms. The van der Waals surface area contributed by atoms with E-state index in [1.54, 1.807) is 14.2 Å². The molecular weight excluding hydrogens is 430 g/mol. The Labute approximate surface area is 202 Å². The van der Waals surface area contributed by atoms with Crippen LogP contribution in [-0.2, 0) is 13.0 Å². The van der Waals surface area contributed by atoms with Crippen LogP contribution in [0.5, 0.6) is 17.2 Å². The lowest BCUT2D eigenvalue weighted by atomic mass is 10.1. The minimum atomic E-state index is -0.0100. The average molecular weight is 468 g/mol. The van der Waals surface area contributed by atoms with Gasteiger partial charge in [0.1, 0.15) is 5.75 Å². The average Bonchev–Trinajstić information content (AvgIpc) is 3.68. The van der Waals surface area contributed by atoms with Gasteiger partial charge in [0.05, 0.1) is 27.4 Å². The molecule has 0 spiro atoms. The summed E-state index contributed by atoms with van der Waals surface area (Å²) in [5, 5.41) is 0. The Kier molecular flexibility index (Phi) is 8.16. The topological polar surface area (TPSA) is 77.3 Å². The van der Waals surface area contributed by atoms with E-state index in [0.717, 1.165) is 47.7 Å². The molecule has 7 nitrogen and oxygen atoms in total. The Morgan fingerprint density at radius 3 is 2.56 bits per heavy atom. The predicted molar refractivity (Wildman–Crippen MR) is 134 cm³/mol.